The first-order valence-corrected chi connectivity index (χ1v) is 15.7. The van der Waals surface area contributed by atoms with Crippen molar-refractivity contribution in [3.05, 3.63) is 70.9 Å². The molecule has 1 N–H and O–H groups in total. The maximum Gasteiger partial charge on any atom is 0.279 e. The fourth-order valence-electron chi connectivity index (χ4n) is 5.43. The van der Waals surface area contributed by atoms with E-state index < -0.39 is 22.0 Å². The molecule has 2 aliphatic rings. The van der Waals surface area contributed by atoms with Crippen molar-refractivity contribution in [3.8, 4) is 0 Å². The van der Waals surface area contributed by atoms with Crippen LogP contribution in [0.4, 0.5) is 5.69 Å². The summed E-state index contributed by atoms with van der Waals surface area (Å²) in [5, 5.41) is 5.01. The van der Waals surface area contributed by atoms with Crippen molar-refractivity contribution in [2.24, 2.45) is 0 Å². The number of anilines is 1. The maximum absolute atomic E-state index is 13.9. The molecule has 11 heteroatoms. The molecule has 1 saturated carbocycles. The van der Waals surface area contributed by atoms with Crippen molar-refractivity contribution >= 4 is 38.9 Å². The van der Waals surface area contributed by atoms with Crippen LogP contribution in [-0.2, 0) is 14.8 Å². The van der Waals surface area contributed by atoms with Crippen molar-refractivity contribution < 1.29 is 18.0 Å². The summed E-state index contributed by atoms with van der Waals surface area (Å²) in [6.07, 6.45) is 10.9. The van der Waals surface area contributed by atoms with Gasteiger partial charge < -0.3 is 5.32 Å². The molecule has 2 amide bonds. The first kappa shape index (κ1) is 27.4. The Morgan fingerprint density at radius 1 is 1.05 bits per heavy atom. The highest BCUT2D eigenvalue weighted by atomic mass is 32.2. The van der Waals surface area contributed by atoms with E-state index in [0.29, 0.717) is 17.1 Å². The predicted molar refractivity (Wildman–Crippen MR) is 150 cm³/mol. The fraction of sp³-hybridized carbons (Fsp3) is 0.429. The number of thiophene rings is 1. The van der Waals surface area contributed by atoms with Crippen LogP contribution in [0.5, 0.6) is 0 Å². The number of sulfonamides is 1. The molecule has 2 aromatic heterocycles. The number of benzene rings is 1. The van der Waals surface area contributed by atoms with E-state index in [2.05, 4.69) is 15.3 Å². The number of carbonyl (C=O) groups is 2. The van der Waals surface area contributed by atoms with Gasteiger partial charge in [-0.2, -0.15) is 4.31 Å². The van der Waals surface area contributed by atoms with E-state index in [4.69, 9.17) is 0 Å². The average molecular weight is 568 g/mol. The molecule has 2 fully saturated rings. The van der Waals surface area contributed by atoms with Gasteiger partial charge in [0, 0.05) is 41.6 Å². The second kappa shape index (κ2) is 11.9. The van der Waals surface area contributed by atoms with E-state index in [1.807, 2.05) is 24.4 Å². The molecule has 1 aliphatic heterocycles. The summed E-state index contributed by atoms with van der Waals surface area (Å²) >= 11 is 1.39. The maximum atomic E-state index is 13.9. The number of aromatic nitrogens is 2. The van der Waals surface area contributed by atoms with Crippen LogP contribution >= 0.6 is 11.3 Å². The molecule has 1 saturated heterocycles. The number of hydrogen-bond acceptors (Lipinski definition) is 7. The molecule has 0 unspecified atom stereocenters. The zero-order valence-electron chi connectivity index (χ0n) is 21.9. The van der Waals surface area contributed by atoms with Crippen LogP contribution in [-0.4, -0.2) is 53.1 Å². The zero-order valence-corrected chi connectivity index (χ0v) is 23.5. The van der Waals surface area contributed by atoms with Gasteiger partial charge in [-0.3, -0.25) is 19.5 Å². The highest BCUT2D eigenvalue weighted by Gasteiger charge is 2.37. The van der Waals surface area contributed by atoms with E-state index in [9.17, 15) is 18.0 Å². The minimum Gasteiger partial charge on any atom is -0.351 e. The molecule has 39 heavy (non-hydrogen) atoms. The molecule has 0 spiro atoms. The van der Waals surface area contributed by atoms with Gasteiger partial charge >= 0.3 is 0 Å². The number of nitrogens with zero attached hydrogens (tertiary/aromatic N) is 4. The Balaban J connectivity index is 1.54. The van der Waals surface area contributed by atoms with E-state index in [0.717, 1.165) is 44.9 Å². The van der Waals surface area contributed by atoms with E-state index in [1.165, 1.54) is 47.0 Å². The van der Waals surface area contributed by atoms with Crippen LogP contribution in [0.25, 0.3) is 0 Å². The smallest absolute Gasteiger partial charge is 0.279 e. The summed E-state index contributed by atoms with van der Waals surface area (Å²) in [5.41, 5.74) is 0.489. The Morgan fingerprint density at radius 2 is 1.79 bits per heavy atom. The molecule has 3 aromatic rings. The first-order chi connectivity index (χ1) is 18.9. The highest BCUT2D eigenvalue weighted by molar-refractivity contribution is 7.89. The lowest BCUT2D eigenvalue weighted by atomic mass is 10.1. The predicted octanol–water partition coefficient (Wildman–Crippen LogP) is 4.55. The first-order valence-electron chi connectivity index (χ1n) is 13.4. The number of rotatable bonds is 8. The second-order valence-electron chi connectivity index (χ2n) is 10.1. The molecule has 206 valence electrons. The third-order valence-corrected chi connectivity index (χ3v) is 10.4. The van der Waals surface area contributed by atoms with Gasteiger partial charge in [0.1, 0.15) is 5.69 Å². The van der Waals surface area contributed by atoms with Crippen LogP contribution in [0.3, 0.4) is 0 Å². The summed E-state index contributed by atoms with van der Waals surface area (Å²) in [6, 6.07) is 8.94. The number of hydrogen-bond donors (Lipinski definition) is 1. The van der Waals surface area contributed by atoms with Crippen LogP contribution in [0.1, 0.15) is 73.3 Å². The summed E-state index contributed by atoms with van der Waals surface area (Å²) < 4.78 is 28.4. The Hall–Kier alpha value is -3.15. The molecule has 0 radical (unpaired) electrons. The summed E-state index contributed by atoms with van der Waals surface area (Å²) in [5.74, 6) is -0.774. The molecule has 1 aliphatic carbocycles. The number of carbonyl (C=O) groups excluding carboxylic acids is 2. The largest absolute Gasteiger partial charge is 0.351 e. The van der Waals surface area contributed by atoms with Crippen LogP contribution < -0.4 is 10.2 Å². The van der Waals surface area contributed by atoms with Crippen molar-refractivity contribution in [2.45, 2.75) is 74.9 Å². The molecule has 5 rings (SSSR count). The lowest BCUT2D eigenvalue weighted by Gasteiger charge is -2.33. The Morgan fingerprint density at radius 3 is 2.44 bits per heavy atom. The van der Waals surface area contributed by atoms with Crippen molar-refractivity contribution in [2.75, 3.05) is 11.4 Å². The monoisotopic (exact) mass is 567 g/mol. The number of amides is 2. The Bertz CT molecular complexity index is 1380. The van der Waals surface area contributed by atoms with E-state index in [1.54, 1.807) is 16.4 Å². The SMILES string of the molecule is C[C@@H]1CCCCN1S(=O)(=O)c1ccc(N(C(=O)c2cnccn2)[C@@H](C(=O)NC2CCCC2)c2cccs2)cc1. The van der Waals surface area contributed by atoms with Gasteiger partial charge in [-0.1, -0.05) is 25.3 Å². The summed E-state index contributed by atoms with van der Waals surface area (Å²) in [6.45, 7) is 2.42. The third-order valence-electron chi connectivity index (χ3n) is 7.49. The summed E-state index contributed by atoms with van der Waals surface area (Å²) in [7, 11) is -3.69. The summed E-state index contributed by atoms with van der Waals surface area (Å²) in [4.78, 5) is 38.2. The third kappa shape index (κ3) is 5.90. The van der Waals surface area contributed by atoms with Gasteiger partial charge in [0.25, 0.3) is 5.91 Å². The molecule has 3 heterocycles. The van der Waals surface area contributed by atoms with Gasteiger partial charge in [-0.25, -0.2) is 13.4 Å². The molecule has 1 aromatic carbocycles. The second-order valence-corrected chi connectivity index (χ2v) is 13.0. The fourth-order valence-corrected chi connectivity index (χ4v) is 7.94. The van der Waals surface area contributed by atoms with Crippen LogP contribution in [0.15, 0.2) is 65.3 Å². The van der Waals surface area contributed by atoms with Gasteiger partial charge in [0.15, 0.2) is 6.04 Å². The average Bonchev–Trinajstić information content (AvgIpc) is 3.67. The molecule has 9 nitrogen and oxygen atoms in total. The van der Waals surface area contributed by atoms with Gasteiger partial charge in [0.05, 0.1) is 11.1 Å². The van der Waals surface area contributed by atoms with Gasteiger partial charge in [-0.05, 0) is 68.3 Å². The normalized spacial score (nSPS) is 19.5. The molecule has 0 bridgehead atoms. The minimum absolute atomic E-state index is 0.0625. The van der Waals surface area contributed by atoms with Crippen molar-refractivity contribution in [1.82, 2.24) is 19.6 Å². The molecule has 2 atom stereocenters. The van der Waals surface area contributed by atoms with Crippen LogP contribution in [0, 0.1) is 0 Å². The molecular formula is C28H33N5O4S2. The minimum atomic E-state index is -3.69. The van der Waals surface area contributed by atoms with Crippen molar-refractivity contribution in [1.29, 1.82) is 0 Å². The van der Waals surface area contributed by atoms with E-state index >= 15 is 0 Å². The number of piperidine rings is 1. The van der Waals surface area contributed by atoms with Gasteiger partial charge in [-0.15, -0.1) is 11.3 Å². The van der Waals surface area contributed by atoms with Gasteiger partial charge in [0.2, 0.25) is 15.9 Å². The quantitative estimate of drug-likeness (QED) is 0.427. The zero-order chi connectivity index (χ0) is 27.4. The van der Waals surface area contributed by atoms with E-state index in [-0.39, 0.29) is 28.6 Å². The van der Waals surface area contributed by atoms with Crippen molar-refractivity contribution in [3.63, 3.8) is 0 Å². The van der Waals surface area contributed by atoms with Crippen LogP contribution in [0.2, 0.25) is 0 Å². The number of nitrogens with one attached hydrogen (secondary N) is 1. The lowest BCUT2D eigenvalue weighted by molar-refractivity contribution is -0.123. The molecular weight excluding hydrogens is 534 g/mol. The Kier molecular flexibility index (Phi) is 8.39. The topological polar surface area (TPSA) is 113 Å². The Labute approximate surface area is 233 Å². The lowest BCUT2D eigenvalue weighted by Crippen LogP contribution is -2.46. The standard InChI is InChI=1S/C28H33N5O4S2/c1-20-7-4-5-17-32(20)39(36,37)23-13-11-22(12-14-23)33(28(35)24-19-29-15-16-30-24)26(25-10-6-18-38-25)27(34)31-21-8-2-3-9-21/h6,10-16,18-21,26H,2-5,7-9,17H2,1H3,(H,31,34)/t20-,26-/m1/s1. The highest BCUT2D eigenvalue weighted by Crippen LogP contribution is 2.34.